The second-order valence-electron chi connectivity index (χ2n) is 5.20. The average Bonchev–Trinajstić information content (AvgIpc) is 2.79. The topological polar surface area (TPSA) is 66.5 Å². The third-order valence-corrected chi connectivity index (χ3v) is 4.18. The number of imide groups is 1. The van der Waals surface area contributed by atoms with Crippen LogP contribution in [0, 0.1) is 0 Å². The van der Waals surface area contributed by atoms with Crippen molar-refractivity contribution < 1.29 is 14.4 Å². The van der Waals surface area contributed by atoms with E-state index in [1.54, 1.807) is 42.5 Å². The highest BCUT2D eigenvalue weighted by molar-refractivity contribution is 9.10. The molecule has 0 saturated heterocycles. The molecular formula is C17H13BrN2O3. The van der Waals surface area contributed by atoms with Gasteiger partial charge in [0.1, 0.15) is 6.04 Å². The summed E-state index contributed by atoms with van der Waals surface area (Å²) in [5.74, 6) is -1.30. The van der Waals surface area contributed by atoms with Gasteiger partial charge in [-0.1, -0.05) is 34.1 Å². The number of halogens is 1. The minimum absolute atomic E-state index is 0.333. The molecule has 0 radical (unpaired) electrons. The predicted octanol–water partition coefficient (Wildman–Crippen LogP) is 3.07. The van der Waals surface area contributed by atoms with E-state index in [-0.39, 0.29) is 0 Å². The largest absolute Gasteiger partial charge is 0.324 e. The quantitative estimate of drug-likeness (QED) is 0.841. The Morgan fingerprint density at radius 2 is 1.65 bits per heavy atom. The highest BCUT2D eigenvalue weighted by Crippen LogP contribution is 2.25. The predicted molar refractivity (Wildman–Crippen MR) is 89.2 cm³/mol. The Kier molecular flexibility index (Phi) is 4.00. The van der Waals surface area contributed by atoms with Crippen molar-refractivity contribution in [3.05, 3.63) is 64.1 Å². The van der Waals surface area contributed by atoms with Crippen LogP contribution >= 0.6 is 15.9 Å². The summed E-state index contributed by atoms with van der Waals surface area (Å²) < 4.78 is 0.823. The zero-order valence-corrected chi connectivity index (χ0v) is 13.8. The number of rotatable bonds is 3. The zero-order valence-electron chi connectivity index (χ0n) is 12.2. The fourth-order valence-electron chi connectivity index (χ4n) is 2.49. The molecule has 2 aromatic rings. The fraction of sp³-hybridized carbons (Fsp3) is 0.118. The first kappa shape index (κ1) is 15.4. The van der Waals surface area contributed by atoms with Crippen LogP contribution in [0.4, 0.5) is 5.69 Å². The molecule has 23 heavy (non-hydrogen) atoms. The van der Waals surface area contributed by atoms with Crippen LogP contribution in [-0.2, 0) is 4.79 Å². The van der Waals surface area contributed by atoms with Gasteiger partial charge in [0.25, 0.3) is 11.8 Å². The molecule has 3 rings (SSSR count). The van der Waals surface area contributed by atoms with Crippen LogP contribution < -0.4 is 5.32 Å². The summed E-state index contributed by atoms with van der Waals surface area (Å²) in [5.41, 5.74) is 1.26. The molecule has 0 unspecified atom stereocenters. The monoisotopic (exact) mass is 372 g/mol. The number of carbonyl (C=O) groups is 3. The summed E-state index contributed by atoms with van der Waals surface area (Å²) in [6, 6.07) is 12.8. The molecule has 0 aliphatic carbocycles. The minimum atomic E-state index is -0.901. The van der Waals surface area contributed by atoms with Crippen LogP contribution in [-0.4, -0.2) is 28.7 Å². The molecular weight excluding hydrogens is 360 g/mol. The van der Waals surface area contributed by atoms with E-state index < -0.39 is 23.8 Å². The molecule has 0 spiro atoms. The van der Waals surface area contributed by atoms with Gasteiger partial charge in [-0.2, -0.15) is 0 Å². The van der Waals surface area contributed by atoms with Crippen LogP contribution in [0.5, 0.6) is 0 Å². The second kappa shape index (κ2) is 5.96. The van der Waals surface area contributed by atoms with E-state index in [0.717, 1.165) is 9.37 Å². The van der Waals surface area contributed by atoms with E-state index >= 15 is 0 Å². The molecule has 1 heterocycles. The van der Waals surface area contributed by atoms with Gasteiger partial charge in [-0.05, 0) is 37.3 Å². The van der Waals surface area contributed by atoms with Crippen molar-refractivity contribution >= 4 is 39.3 Å². The van der Waals surface area contributed by atoms with Crippen LogP contribution in [0.15, 0.2) is 53.0 Å². The van der Waals surface area contributed by atoms with E-state index in [9.17, 15) is 14.4 Å². The van der Waals surface area contributed by atoms with Gasteiger partial charge in [-0.3, -0.25) is 19.3 Å². The second-order valence-corrected chi connectivity index (χ2v) is 6.12. The summed E-state index contributed by atoms with van der Waals surface area (Å²) in [5, 5.41) is 2.71. The Morgan fingerprint density at radius 1 is 1.04 bits per heavy atom. The number of carbonyl (C=O) groups excluding carboxylic acids is 3. The molecule has 3 amide bonds. The summed E-state index contributed by atoms with van der Waals surface area (Å²) in [6.45, 7) is 1.54. The van der Waals surface area contributed by atoms with Crippen molar-refractivity contribution in [2.75, 3.05) is 5.32 Å². The van der Waals surface area contributed by atoms with Crippen LogP contribution in [0.3, 0.4) is 0 Å². The first-order valence-corrected chi connectivity index (χ1v) is 7.81. The van der Waals surface area contributed by atoms with E-state index in [1.807, 2.05) is 6.07 Å². The third-order valence-electron chi connectivity index (χ3n) is 3.68. The molecule has 1 aliphatic heterocycles. The minimum Gasteiger partial charge on any atom is -0.324 e. The lowest BCUT2D eigenvalue weighted by atomic mass is 10.1. The Hall–Kier alpha value is -2.47. The number of amides is 3. The molecule has 0 saturated carbocycles. The Balaban J connectivity index is 1.81. The van der Waals surface area contributed by atoms with E-state index in [0.29, 0.717) is 16.8 Å². The lowest BCUT2D eigenvalue weighted by Gasteiger charge is -2.21. The van der Waals surface area contributed by atoms with Crippen LogP contribution in [0.1, 0.15) is 27.6 Å². The maximum atomic E-state index is 12.4. The van der Waals surface area contributed by atoms with Crippen LogP contribution in [0.2, 0.25) is 0 Å². The van der Waals surface area contributed by atoms with Gasteiger partial charge < -0.3 is 5.32 Å². The summed E-state index contributed by atoms with van der Waals surface area (Å²) in [6.07, 6.45) is 0. The van der Waals surface area contributed by atoms with E-state index in [4.69, 9.17) is 0 Å². The number of fused-ring (bicyclic) bond motifs is 1. The first-order valence-electron chi connectivity index (χ1n) is 7.02. The molecule has 6 heteroatoms. The first-order chi connectivity index (χ1) is 11.0. The van der Waals surface area contributed by atoms with Gasteiger partial charge in [0.05, 0.1) is 11.1 Å². The molecule has 0 fully saturated rings. The van der Waals surface area contributed by atoms with Gasteiger partial charge in [0, 0.05) is 10.2 Å². The fourth-order valence-corrected chi connectivity index (χ4v) is 2.89. The van der Waals surface area contributed by atoms with Gasteiger partial charge in [0.15, 0.2) is 0 Å². The molecule has 1 atom stereocenters. The van der Waals surface area contributed by atoms with Crippen molar-refractivity contribution in [3.63, 3.8) is 0 Å². The Labute approximate surface area is 141 Å². The van der Waals surface area contributed by atoms with Crippen molar-refractivity contribution in [1.29, 1.82) is 0 Å². The SMILES string of the molecule is C[C@@H](C(=O)Nc1cccc(Br)c1)N1C(=O)c2ccccc2C1=O. The van der Waals surface area contributed by atoms with Gasteiger partial charge in [0.2, 0.25) is 5.91 Å². The molecule has 0 aromatic heterocycles. The smallest absolute Gasteiger partial charge is 0.262 e. The van der Waals surface area contributed by atoms with E-state index in [2.05, 4.69) is 21.2 Å². The summed E-state index contributed by atoms with van der Waals surface area (Å²) in [7, 11) is 0. The molecule has 0 bridgehead atoms. The number of nitrogens with one attached hydrogen (secondary N) is 1. The Bertz CT molecular complexity index is 784. The van der Waals surface area contributed by atoms with Crippen molar-refractivity contribution in [1.82, 2.24) is 4.90 Å². The maximum absolute atomic E-state index is 12.4. The molecule has 2 aromatic carbocycles. The standard InChI is InChI=1S/C17H13BrN2O3/c1-10(15(21)19-12-6-4-5-11(18)9-12)20-16(22)13-7-2-3-8-14(13)17(20)23/h2-10H,1H3,(H,19,21)/t10-/m0/s1. The number of nitrogens with zero attached hydrogens (tertiary/aromatic N) is 1. The zero-order chi connectivity index (χ0) is 16.6. The Morgan fingerprint density at radius 3 is 2.22 bits per heavy atom. The van der Waals surface area contributed by atoms with E-state index in [1.165, 1.54) is 6.92 Å². The van der Waals surface area contributed by atoms with Gasteiger partial charge in [-0.15, -0.1) is 0 Å². The molecule has 5 nitrogen and oxygen atoms in total. The highest BCUT2D eigenvalue weighted by Gasteiger charge is 2.40. The number of hydrogen-bond acceptors (Lipinski definition) is 3. The summed E-state index contributed by atoms with van der Waals surface area (Å²) in [4.78, 5) is 38.1. The highest BCUT2D eigenvalue weighted by atomic mass is 79.9. The van der Waals surface area contributed by atoms with Crippen molar-refractivity contribution in [2.45, 2.75) is 13.0 Å². The van der Waals surface area contributed by atoms with Crippen LogP contribution in [0.25, 0.3) is 0 Å². The van der Waals surface area contributed by atoms with Gasteiger partial charge in [-0.25, -0.2) is 0 Å². The molecule has 116 valence electrons. The lowest BCUT2D eigenvalue weighted by Crippen LogP contribution is -2.45. The normalized spacial score (nSPS) is 14.6. The van der Waals surface area contributed by atoms with Gasteiger partial charge >= 0.3 is 0 Å². The molecule has 1 aliphatic rings. The number of hydrogen-bond donors (Lipinski definition) is 1. The summed E-state index contributed by atoms with van der Waals surface area (Å²) >= 11 is 3.32. The molecule has 1 N–H and O–H groups in total. The third kappa shape index (κ3) is 2.77. The maximum Gasteiger partial charge on any atom is 0.262 e. The average molecular weight is 373 g/mol. The van der Waals surface area contributed by atoms with Crippen molar-refractivity contribution in [2.24, 2.45) is 0 Å². The van der Waals surface area contributed by atoms with Crippen molar-refractivity contribution in [3.8, 4) is 0 Å². The lowest BCUT2D eigenvalue weighted by molar-refractivity contribution is -0.119. The number of benzene rings is 2. The number of anilines is 1.